The van der Waals surface area contributed by atoms with Gasteiger partial charge >= 0.3 is 0 Å². The summed E-state index contributed by atoms with van der Waals surface area (Å²) in [6.07, 6.45) is 6.12. The summed E-state index contributed by atoms with van der Waals surface area (Å²) in [4.78, 5) is 21.6. The molecule has 0 saturated heterocycles. The Bertz CT molecular complexity index is 932. The molecule has 0 N–H and O–H groups in total. The number of oxime groups is 1. The smallest absolute Gasteiger partial charge is 0.241 e. The van der Waals surface area contributed by atoms with Crippen molar-refractivity contribution >= 4 is 22.9 Å². The van der Waals surface area contributed by atoms with Gasteiger partial charge in [0.05, 0.1) is 6.20 Å². The highest BCUT2D eigenvalue weighted by atomic mass is 32.1. The molecule has 0 fully saturated rings. The van der Waals surface area contributed by atoms with Crippen molar-refractivity contribution in [3.63, 3.8) is 0 Å². The van der Waals surface area contributed by atoms with Crippen LogP contribution in [-0.4, -0.2) is 40.4 Å². The number of fused-ring (bicyclic) bond motifs is 1. The van der Waals surface area contributed by atoms with Gasteiger partial charge in [0, 0.05) is 38.0 Å². The summed E-state index contributed by atoms with van der Waals surface area (Å²) < 4.78 is 6.02. The van der Waals surface area contributed by atoms with E-state index in [2.05, 4.69) is 20.1 Å². The maximum atomic E-state index is 6.02. The fourth-order valence-corrected chi connectivity index (χ4v) is 3.44. The van der Waals surface area contributed by atoms with Gasteiger partial charge in [-0.2, -0.15) is 0 Å². The van der Waals surface area contributed by atoms with Gasteiger partial charge in [0.1, 0.15) is 21.7 Å². The Morgan fingerprint density at radius 3 is 3.00 bits per heavy atom. The van der Waals surface area contributed by atoms with Crippen LogP contribution in [0.5, 0.6) is 0 Å². The number of anilines is 1. The summed E-state index contributed by atoms with van der Waals surface area (Å²) in [6.45, 7) is 4.71. The third kappa shape index (κ3) is 3.20. The second kappa shape index (κ2) is 6.87. The van der Waals surface area contributed by atoms with Gasteiger partial charge in [0.15, 0.2) is 5.69 Å². The van der Waals surface area contributed by atoms with Crippen molar-refractivity contribution in [1.82, 2.24) is 15.0 Å². The van der Waals surface area contributed by atoms with Crippen molar-refractivity contribution in [1.29, 1.82) is 0 Å². The number of aromatic nitrogens is 3. The summed E-state index contributed by atoms with van der Waals surface area (Å²) in [6, 6.07) is 3.88. The Kier molecular flexibility index (Phi) is 4.42. The molecule has 1 aliphatic rings. The lowest BCUT2D eigenvalue weighted by molar-refractivity contribution is 0.0855. The van der Waals surface area contributed by atoms with E-state index >= 15 is 0 Å². The topological polar surface area (TPSA) is 76.6 Å². The van der Waals surface area contributed by atoms with Crippen molar-refractivity contribution in [3.8, 4) is 21.3 Å². The lowest BCUT2D eigenvalue weighted by Gasteiger charge is -2.22. The zero-order valence-electron chi connectivity index (χ0n) is 14.8. The standard InChI is InChI=1S/C18H19N5O2S/c1-11(2)25-22-13-6-8-23(3)18-15(13)21-16(24-18)14-10-20-17(26-14)12-5-4-7-19-9-12/h4-5,7,9-11H,6,8H2,1-3H3/b22-13+. The number of hydrogen-bond donors (Lipinski definition) is 0. The Morgan fingerprint density at radius 1 is 1.35 bits per heavy atom. The van der Waals surface area contributed by atoms with Gasteiger partial charge in [-0.1, -0.05) is 5.16 Å². The summed E-state index contributed by atoms with van der Waals surface area (Å²) in [7, 11) is 1.99. The van der Waals surface area contributed by atoms with Crippen LogP contribution >= 0.6 is 11.3 Å². The van der Waals surface area contributed by atoms with Crippen molar-refractivity contribution in [2.75, 3.05) is 18.5 Å². The first-order valence-corrected chi connectivity index (χ1v) is 9.25. The number of rotatable bonds is 4. The molecule has 0 spiro atoms. The zero-order valence-corrected chi connectivity index (χ0v) is 15.7. The molecule has 3 aromatic heterocycles. The Hall–Kier alpha value is -2.74. The molecule has 0 atom stereocenters. The minimum atomic E-state index is 0.0283. The SMILES string of the molecule is CC(C)O/N=C1\CCN(C)c2oc(-c3cnc(-c4cccnc4)s3)nc21. The van der Waals surface area contributed by atoms with Gasteiger partial charge in [-0.05, 0) is 26.0 Å². The second-order valence-electron chi connectivity index (χ2n) is 6.31. The predicted octanol–water partition coefficient (Wildman–Crippen LogP) is 3.83. The van der Waals surface area contributed by atoms with Crippen LogP contribution in [0.3, 0.4) is 0 Å². The van der Waals surface area contributed by atoms with Crippen LogP contribution in [0.1, 0.15) is 26.0 Å². The highest BCUT2D eigenvalue weighted by Gasteiger charge is 2.28. The maximum absolute atomic E-state index is 6.02. The number of oxazole rings is 1. The minimum absolute atomic E-state index is 0.0283. The molecule has 1 aliphatic heterocycles. The molecule has 4 rings (SSSR count). The summed E-state index contributed by atoms with van der Waals surface area (Å²) in [5, 5.41) is 5.15. The molecule has 4 heterocycles. The first kappa shape index (κ1) is 16.7. The fraction of sp³-hybridized carbons (Fsp3) is 0.333. The normalized spacial score (nSPS) is 15.5. The van der Waals surface area contributed by atoms with E-state index in [1.165, 1.54) is 11.3 Å². The molecule has 7 nitrogen and oxygen atoms in total. The van der Waals surface area contributed by atoms with Crippen molar-refractivity contribution in [2.45, 2.75) is 26.4 Å². The van der Waals surface area contributed by atoms with Gasteiger partial charge in [0.2, 0.25) is 11.8 Å². The molecule has 0 amide bonds. The summed E-state index contributed by atoms with van der Waals surface area (Å²) in [5.74, 6) is 1.27. The number of pyridine rings is 1. The molecule has 0 unspecified atom stereocenters. The molecule has 134 valence electrons. The molecule has 3 aromatic rings. The van der Waals surface area contributed by atoms with E-state index < -0.39 is 0 Å². The highest BCUT2D eigenvalue weighted by Crippen LogP contribution is 2.36. The van der Waals surface area contributed by atoms with E-state index in [1.54, 1.807) is 18.6 Å². The number of thiazole rings is 1. The van der Waals surface area contributed by atoms with Crippen LogP contribution < -0.4 is 4.90 Å². The van der Waals surface area contributed by atoms with Crippen LogP contribution in [0.2, 0.25) is 0 Å². The Balaban J connectivity index is 1.68. The molecule has 0 saturated carbocycles. The maximum Gasteiger partial charge on any atom is 0.241 e. The molecule has 0 radical (unpaired) electrons. The molecule has 8 heteroatoms. The van der Waals surface area contributed by atoms with Crippen LogP contribution in [0.25, 0.3) is 21.3 Å². The first-order valence-electron chi connectivity index (χ1n) is 8.43. The van der Waals surface area contributed by atoms with E-state index in [1.807, 2.05) is 37.9 Å². The summed E-state index contributed by atoms with van der Waals surface area (Å²) in [5.41, 5.74) is 2.54. The third-order valence-corrected chi connectivity index (χ3v) is 4.95. The molecular weight excluding hydrogens is 350 g/mol. The van der Waals surface area contributed by atoms with Crippen LogP contribution in [0.15, 0.2) is 40.3 Å². The van der Waals surface area contributed by atoms with E-state index in [0.29, 0.717) is 11.8 Å². The monoisotopic (exact) mass is 369 g/mol. The lowest BCUT2D eigenvalue weighted by atomic mass is 10.1. The van der Waals surface area contributed by atoms with Crippen molar-refractivity contribution < 1.29 is 9.25 Å². The molecule has 26 heavy (non-hydrogen) atoms. The van der Waals surface area contributed by atoms with Crippen LogP contribution in [-0.2, 0) is 4.84 Å². The van der Waals surface area contributed by atoms with Gasteiger partial charge in [-0.25, -0.2) is 9.97 Å². The Morgan fingerprint density at radius 2 is 2.23 bits per heavy atom. The quantitative estimate of drug-likeness (QED) is 0.651. The second-order valence-corrected chi connectivity index (χ2v) is 7.34. The van der Waals surface area contributed by atoms with E-state index in [9.17, 15) is 0 Å². The Labute approximate surface area is 155 Å². The van der Waals surface area contributed by atoms with Crippen molar-refractivity contribution in [2.24, 2.45) is 5.16 Å². The summed E-state index contributed by atoms with van der Waals surface area (Å²) >= 11 is 1.53. The van der Waals surface area contributed by atoms with E-state index in [-0.39, 0.29) is 6.10 Å². The van der Waals surface area contributed by atoms with Crippen molar-refractivity contribution in [3.05, 3.63) is 36.4 Å². The molecule has 0 aliphatic carbocycles. The van der Waals surface area contributed by atoms with E-state index in [4.69, 9.17) is 9.25 Å². The van der Waals surface area contributed by atoms with E-state index in [0.717, 1.165) is 39.8 Å². The zero-order chi connectivity index (χ0) is 18.1. The molecular formula is C18H19N5O2S. The fourth-order valence-electron chi connectivity index (χ4n) is 2.61. The highest BCUT2D eigenvalue weighted by molar-refractivity contribution is 7.18. The van der Waals surface area contributed by atoms with Gasteiger partial charge in [-0.15, -0.1) is 11.3 Å². The lowest BCUT2D eigenvalue weighted by Crippen LogP contribution is -2.28. The van der Waals surface area contributed by atoms with Crippen LogP contribution in [0.4, 0.5) is 5.88 Å². The third-order valence-electron chi connectivity index (χ3n) is 3.91. The average molecular weight is 369 g/mol. The first-order chi connectivity index (χ1) is 12.6. The van der Waals surface area contributed by atoms with Crippen LogP contribution in [0, 0.1) is 0 Å². The van der Waals surface area contributed by atoms with Gasteiger partial charge in [0.25, 0.3) is 0 Å². The minimum Gasteiger partial charge on any atom is -0.419 e. The average Bonchev–Trinajstić information content (AvgIpc) is 3.29. The van der Waals surface area contributed by atoms with Gasteiger partial charge < -0.3 is 14.2 Å². The number of nitrogens with zero attached hydrogens (tertiary/aromatic N) is 5. The van der Waals surface area contributed by atoms with Gasteiger partial charge in [-0.3, -0.25) is 4.98 Å². The number of hydrogen-bond acceptors (Lipinski definition) is 8. The predicted molar refractivity (Wildman–Crippen MR) is 101 cm³/mol. The largest absolute Gasteiger partial charge is 0.419 e. The molecule has 0 aromatic carbocycles. The molecule has 0 bridgehead atoms.